The average Bonchev–Trinajstić information content (AvgIpc) is 3.02. The summed E-state index contributed by atoms with van der Waals surface area (Å²) in [5.41, 5.74) is 2.55. The second-order valence-corrected chi connectivity index (χ2v) is 9.01. The van der Waals surface area contributed by atoms with Gasteiger partial charge in [0, 0.05) is 29.4 Å². The predicted octanol–water partition coefficient (Wildman–Crippen LogP) is 3.90. The van der Waals surface area contributed by atoms with Crippen molar-refractivity contribution < 1.29 is 13.2 Å². The molecule has 1 aliphatic rings. The lowest BCUT2D eigenvalue weighted by Crippen LogP contribution is -2.30. The van der Waals surface area contributed by atoms with E-state index >= 15 is 0 Å². The van der Waals surface area contributed by atoms with Crippen LogP contribution in [0.2, 0.25) is 0 Å². The van der Waals surface area contributed by atoms with Crippen LogP contribution < -0.4 is 4.90 Å². The third-order valence-corrected chi connectivity index (χ3v) is 7.57. The minimum Gasteiger partial charge on any atom is -0.303 e. The lowest BCUT2D eigenvalue weighted by atomic mass is 10.1. The monoisotopic (exact) mass is 419 g/mol. The summed E-state index contributed by atoms with van der Waals surface area (Å²) in [6.07, 6.45) is 0. The fourth-order valence-corrected chi connectivity index (χ4v) is 5.67. The Bertz CT molecular complexity index is 1310. The number of hydrogen-bond donors (Lipinski definition) is 0. The Morgan fingerprint density at radius 1 is 1.03 bits per heavy atom. The summed E-state index contributed by atoms with van der Waals surface area (Å²) in [6, 6.07) is 17.7. The van der Waals surface area contributed by atoms with E-state index in [1.807, 2.05) is 19.9 Å². The van der Waals surface area contributed by atoms with Gasteiger partial charge >= 0.3 is 0 Å². The van der Waals surface area contributed by atoms with Crippen molar-refractivity contribution in [3.8, 4) is 6.07 Å². The van der Waals surface area contributed by atoms with Crippen molar-refractivity contribution in [3.05, 3.63) is 71.3 Å². The number of carbonyl (C=O) groups is 1. The van der Waals surface area contributed by atoms with Crippen LogP contribution in [0.3, 0.4) is 0 Å². The Balaban J connectivity index is 1.85. The molecule has 0 aliphatic carbocycles. The van der Waals surface area contributed by atoms with E-state index in [1.54, 1.807) is 53.4 Å². The number of carbonyl (C=O) groups excluding carboxylic acids is 1. The van der Waals surface area contributed by atoms with Crippen molar-refractivity contribution >= 4 is 32.4 Å². The number of nitrogens with zero attached hydrogens (tertiary/aromatic N) is 3. The molecule has 0 N–H and O–H groups in total. The predicted molar refractivity (Wildman–Crippen MR) is 116 cm³/mol. The molecule has 0 saturated heterocycles. The summed E-state index contributed by atoms with van der Waals surface area (Å²) in [6.45, 7) is 4.67. The number of anilines is 1. The van der Waals surface area contributed by atoms with Crippen molar-refractivity contribution in [1.29, 1.82) is 5.26 Å². The molecule has 0 unspecified atom stereocenters. The molecule has 0 fully saturated rings. The van der Waals surface area contributed by atoms with Gasteiger partial charge in [-0.05, 0) is 35.9 Å². The van der Waals surface area contributed by atoms with Gasteiger partial charge in [-0.25, -0.2) is 8.42 Å². The zero-order valence-corrected chi connectivity index (χ0v) is 17.6. The van der Waals surface area contributed by atoms with E-state index in [1.165, 1.54) is 4.31 Å². The Kier molecular flexibility index (Phi) is 5.06. The van der Waals surface area contributed by atoms with Gasteiger partial charge in [0.15, 0.2) is 0 Å². The first-order valence-corrected chi connectivity index (χ1v) is 11.2. The number of nitriles is 1. The van der Waals surface area contributed by atoms with E-state index in [0.717, 1.165) is 5.56 Å². The van der Waals surface area contributed by atoms with E-state index in [-0.39, 0.29) is 10.8 Å². The van der Waals surface area contributed by atoms with Gasteiger partial charge in [-0.15, -0.1) is 0 Å². The first-order chi connectivity index (χ1) is 14.4. The summed E-state index contributed by atoms with van der Waals surface area (Å²) in [5.74, 6) is -0.171. The number of sulfonamides is 1. The Morgan fingerprint density at radius 3 is 2.47 bits per heavy atom. The molecular formula is C23H21N3O3S. The fourth-order valence-electron chi connectivity index (χ4n) is 4.03. The van der Waals surface area contributed by atoms with Crippen molar-refractivity contribution in [2.24, 2.45) is 0 Å². The van der Waals surface area contributed by atoms with Crippen LogP contribution in [0.15, 0.2) is 59.5 Å². The lowest BCUT2D eigenvalue weighted by molar-refractivity contribution is 0.0991. The van der Waals surface area contributed by atoms with Crippen LogP contribution in [-0.4, -0.2) is 31.7 Å². The minimum absolute atomic E-state index is 0.171. The molecule has 0 aromatic heterocycles. The van der Waals surface area contributed by atoms with E-state index in [0.29, 0.717) is 47.2 Å². The highest BCUT2D eigenvalue weighted by molar-refractivity contribution is 7.89. The molecule has 0 atom stereocenters. The van der Waals surface area contributed by atoms with Gasteiger partial charge in [-0.1, -0.05) is 38.1 Å². The van der Waals surface area contributed by atoms with E-state index < -0.39 is 10.0 Å². The highest BCUT2D eigenvalue weighted by Crippen LogP contribution is 2.41. The quantitative estimate of drug-likeness (QED) is 0.607. The van der Waals surface area contributed by atoms with Crippen molar-refractivity contribution in [2.75, 3.05) is 18.0 Å². The number of amides is 1. The lowest BCUT2D eigenvalue weighted by Gasteiger charge is -2.21. The molecule has 4 rings (SSSR count). The zero-order chi connectivity index (χ0) is 21.5. The van der Waals surface area contributed by atoms with Crippen LogP contribution >= 0.6 is 0 Å². The molecule has 1 heterocycles. The molecule has 3 aromatic rings. The second-order valence-electron chi connectivity index (χ2n) is 7.10. The highest BCUT2D eigenvalue weighted by atomic mass is 32.2. The summed E-state index contributed by atoms with van der Waals surface area (Å²) in [5, 5.41) is 10.4. The molecule has 0 radical (unpaired) electrons. The van der Waals surface area contributed by atoms with Gasteiger partial charge in [0.25, 0.3) is 5.91 Å². The van der Waals surface area contributed by atoms with Gasteiger partial charge in [0.1, 0.15) is 0 Å². The fraction of sp³-hybridized carbons (Fsp3) is 0.217. The maximum Gasteiger partial charge on any atom is 0.259 e. The number of hydrogen-bond acceptors (Lipinski definition) is 4. The molecule has 0 bridgehead atoms. The molecule has 30 heavy (non-hydrogen) atoms. The van der Waals surface area contributed by atoms with Crippen LogP contribution in [0.25, 0.3) is 10.8 Å². The normalized spacial score (nSPS) is 13.3. The summed E-state index contributed by atoms with van der Waals surface area (Å²) >= 11 is 0. The van der Waals surface area contributed by atoms with Crippen LogP contribution in [0, 0.1) is 11.3 Å². The molecule has 6 nitrogen and oxygen atoms in total. The molecule has 3 aromatic carbocycles. The SMILES string of the molecule is CCN(CC)S(=O)(=O)c1ccc2c3c(cccc13)C(=O)N2Cc1cccc(C#N)c1. The highest BCUT2D eigenvalue weighted by Gasteiger charge is 2.33. The molecule has 7 heteroatoms. The minimum atomic E-state index is -3.67. The number of rotatable bonds is 6. The first kappa shape index (κ1) is 20.1. The molecule has 0 saturated carbocycles. The van der Waals surface area contributed by atoms with Gasteiger partial charge in [0.2, 0.25) is 10.0 Å². The Morgan fingerprint density at radius 2 is 1.77 bits per heavy atom. The second kappa shape index (κ2) is 7.56. The molecule has 0 spiro atoms. The average molecular weight is 420 g/mol. The summed E-state index contributed by atoms with van der Waals surface area (Å²) in [4.78, 5) is 15.0. The van der Waals surface area contributed by atoms with Crippen molar-refractivity contribution in [1.82, 2.24) is 4.31 Å². The van der Waals surface area contributed by atoms with Crippen LogP contribution in [0.5, 0.6) is 0 Å². The van der Waals surface area contributed by atoms with E-state index in [9.17, 15) is 13.2 Å². The molecular weight excluding hydrogens is 398 g/mol. The van der Waals surface area contributed by atoms with Crippen LogP contribution in [0.4, 0.5) is 5.69 Å². The standard InChI is InChI=1S/C23H21N3O3S/c1-3-25(4-2)30(28,29)21-12-11-20-22-18(21)9-6-10-19(22)23(27)26(20)15-17-8-5-7-16(13-17)14-24/h5-13H,3-4,15H2,1-2H3. The number of benzene rings is 3. The maximum atomic E-state index is 13.2. The Labute approximate surface area is 176 Å². The topological polar surface area (TPSA) is 81.5 Å². The largest absolute Gasteiger partial charge is 0.303 e. The van der Waals surface area contributed by atoms with E-state index in [4.69, 9.17) is 5.26 Å². The van der Waals surface area contributed by atoms with Gasteiger partial charge in [-0.2, -0.15) is 9.57 Å². The molecule has 1 aliphatic heterocycles. The van der Waals surface area contributed by atoms with Gasteiger partial charge < -0.3 is 4.90 Å². The maximum absolute atomic E-state index is 13.2. The van der Waals surface area contributed by atoms with Crippen LogP contribution in [0.1, 0.15) is 35.3 Å². The van der Waals surface area contributed by atoms with E-state index in [2.05, 4.69) is 6.07 Å². The van der Waals surface area contributed by atoms with Gasteiger partial charge in [-0.3, -0.25) is 4.79 Å². The molecule has 1 amide bonds. The van der Waals surface area contributed by atoms with Gasteiger partial charge in [0.05, 0.1) is 28.8 Å². The summed E-state index contributed by atoms with van der Waals surface area (Å²) < 4.78 is 27.8. The zero-order valence-electron chi connectivity index (χ0n) is 16.8. The summed E-state index contributed by atoms with van der Waals surface area (Å²) in [7, 11) is -3.67. The van der Waals surface area contributed by atoms with Crippen LogP contribution in [-0.2, 0) is 16.6 Å². The smallest absolute Gasteiger partial charge is 0.259 e. The third-order valence-electron chi connectivity index (χ3n) is 5.46. The van der Waals surface area contributed by atoms with Crippen molar-refractivity contribution in [2.45, 2.75) is 25.3 Å². The van der Waals surface area contributed by atoms with Crippen molar-refractivity contribution in [3.63, 3.8) is 0 Å². The first-order valence-electron chi connectivity index (χ1n) is 9.79. The third kappa shape index (κ3) is 3.05. The molecule has 152 valence electrons. The Hall–Kier alpha value is -3.21.